The summed E-state index contributed by atoms with van der Waals surface area (Å²) < 4.78 is 0. The van der Waals surface area contributed by atoms with E-state index in [2.05, 4.69) is 24.1 Å². The molecule has 1 aliphatic carbocycles. The molecule has 1 saturated carbocycles. The van der Waals surface area contributed by atoms with E-state index < -0.39 is 5.97 Å². The molecular formula is C13H20N2O2S. The lowest BCUT2D eigenvalue weighted by atomic mass is 9.80. The number of hydrogen-bond donors (Lipinski definition) is 2. The minimum atomic E-state index is -0.942. The zero-order chi connectivity index (χ0) is 13.3. The van der Waals surface area contributed by atoms with Gasteiger partial charge in [0.25, 0.3) is 0 Å². The second kappa shape index (κ2) is 5.26. The molecule has 2 N–H and O–H groups in total. The van der Waals surface area contributed by atoms with Crippen molar-refractivity contribution >= 4 is 22.4 Å². The van der Waals surface area contributed by atoms with E-state index in [1.54, 1.807) is 6.92 Å². The van der Waals surface area contributed by atoms with Crippen molar-refractivity contribution in [3.8, 4) is 0 Å². The molecule has 1 aromatic rings. The number of aryl methyl sites for hydroxylation is 1. The molecule has 0 radical (unpaired) electrons. The number of thiazole rings is 1. The Morgan fingerprint density at radius 1 is 1.44 bits per heavy atom. The molecule has 0 bridgehead atoms. The summed E-state index contributed by atoms with van der Waals surface area (Å²) in [4.78, 5) is 15.9. The highest BCUT2D eigenvalue weighted by Crippen LogP contribution is 2.32. The average Bonchev–Trinajstić information content (AvgIpc) is 2.64. The van der Waals surface area contributed by atoms with Crippen LogP contribution in [-0.2, 0) is 0 Å². The quantitative estimate of drug-likeness (QED) is 0.882. The van der Waals surface area contributed by atoms with Crippen LogP contribution in [0.25, 0.3) is 0 Å². The van der Waals surface area contributed by atoms with Gasteiger partial charge in [0.1, 0.15) is 0 Å². The zero-order valence-electron chi connectivity index (χ0n) is 11.1. The molecule has 0 saturated heterocycles. The van der Waals surface area contributed by atoms with Crippen molar-refractivity contribution in [2.75, 3.05) is 5.32 Å². The number of carboxylic acid groups (broad SMARTS) is 1. The lowest BCUT2D eigenvalue weighted by Crippen LogP contribution is -2.32. The first-order valence-electron chi connectivity index (χ1n) is 6.44. The Labute approximate surface area is 111 Å². The van der Waals surface area contributed by atoms with Crippen LogP contribution < -0.4 is 5.32 Å². The van der Waals surface area contributed by atoms with Gasteiger partial charge in [-0.1, -0.05) is 13.8 Å². The van der Waals surface area contributed by atoms with E-state index in [1.807, 2.05) is 0 Å². The molecule has 100 valence electrons. The largest absolute Gasteiger partial charge is 0.476 e. The maximum absolute atomic E-state index is 11.0. The standard InChI is InChI=1S/C13H20N2O2S/c1-7-4-5-10(8(2)6-7)14-13-15-11(12(16)17)9(3)18-13/h7-8,10H,4-6H2,1-3H3,(H,14,15)(H,16,17). The summed E-state index contributed by atoms with van der Waals surface area (Å²) in [5, 5.41) is 13.1. The number of carboxylic acids is 1. The summed E-state index contributed by atoms with van der Waals surface area (Å²) in [5.74, 6) is 0.471. The fraction of sp³-hybridized carbons (Fsp3) is 0.692. The van der Waals surface area contributed by atoms with E-state index in [4.69, 9.17) is 5.11 Å². The molecule has 1 aliphatic rings. The smallest absolute Gasteiger partial charge is 0.355 e. The highest BCUT2D eigenvalue weighted by Gasteiger charge is 2.26. The molecule has 3 atom stereocenters. The molecule has 0 aromatic carbocycles. The lowest BCUT2D eigenvalue weighted by molar-refractivity contribution is 0.0690. The zero-order valence-corrected chi connectivity index (χ0v) is 11.9. The van der Waals surface area contributed by atoms with Crippen molar-refractivity contribution in [1.82, 2.24) is 4.98 Å². The first kappa shape index (κ1) is 13.3. The molecule has 4 nitrogen and oxygen atoms in total. The molecule has 5 heteroatoms. The molecule has 2 rings (SSSR count). The van der Waals surface area contributed by atoms with Crippen LogP contribution in [0.1, 0.15) is 48.5 Å². The van der Waals surface area contributed by atoms with E-state index in [9.17, 15) is 4.79 Å². The number of nitrogens with one attached hydrogen (secondary N) is 1. The van der Waals surface area contributed by atoms with Crippen molar-refractivity contribution in [3.05, 3.63) is 10.6 Å². The highest BCUT2D eigenvalue weighted by molar-refractivity contribution is 7.15. The third-order valence-electron chi connectivity index (χ3n) is 3.74. The number of rotatable bonds is 3. The van der Waals surface area contributed by atoms with Crippen LogP contribution >= 0.6 is 11.3 Å². The van der Waals surface area contributed by atoms with Crippen LogP contribution in [0, 0.1) is 18.8 Å². The second-order valence-corrected chi connectivity index (χ2v) is 6.58. The monoisotopic (exact) mass is 268 g/mol. The van der Waals surface area contributed by atoms with Gasteiger partial charge in [-0.2, -0.15) is 0 Å². The van der Waals surface area contributed by atoms with Gasteiger partial charge in [-0.05, 0) is 38.0 Å². The third kappa shape index (κ3) is 2.83. The number of carbonyl (C=O) groups is 1. The van der Waals surface area contributed by atoms with Gasteiger partial charge in [-0.15, -0.1) is 11.3 Å². The molecule has 0 spiro atoms. The first-order valence-corrected chi connectivity index (χ1v) is 7.26. The number of hydrogen-bond acceptors (Lipinski definition) is 4. The Kier molecular flexibility index (Phi) is 3.90. The van der Waals surface area contributed by atoms with Gasteiger partial charge in [0.05, 0.1) is 0 Å². The molecule has 1 heterocycles. The van der Waals surface area contributed by atoms with Gasteiger partial charge in [-0.25, -0.2) is 9.78 Å². The molecular weight excluding hydrogens is 248 g/mol. The minimum Gasteiger partial charge on any atom is -0.476 e. The van der Waals surface area contributed by atoms with Crippen LogP contribution in [-0.4, -0.2) is 22.1 Å². The van der Waals surface area contributed by atoms with Crippen LogP contribution in [0.2, 0.25) is 0 Å². The van der Waals surface area contributed by atoms with E-state index in [1.165, 1.54) is 24.2 Å². The number of aromatic carboxylic acids is 1. The summed E-state index contributed by atoms with van der Waals surface area (Å²) in [6.45, 7) is 6.35. The number of aromatic nitrogens is 1. The average molecular weight is 268 g/mol. The summed E-state index contributed by atoms with van der Waals surface area (Å²) >= 11 is 1.44. The molecule has 1 aromatic heterocycles. The van der Waals surface area contributed by atoms with Crippen molar-refractivity contribution in [2.45, 2.75) is 46.1 Å². The van der Waals surface area contributed by atoms with E-state index in [0.29, 0.717) is 12.0 Å². The molecule has 0 amide bonds. The minimum absolute atomic E-state index is 0.180. The van der Waals surface area contributed by atoms with Gasteiger partial charge in [0.2, 0.25) is 0 Å². The van der Waals surface area contributed by atoms with Gasteiger partial charge in [0.15, 0.2) is 10.8 Å². The fourth-order valence-corrected chi connectivity index (χ4v) is 3.56. The van der Waals surface area contributed by atoms with E-state index >= 15 is 0 Å². The number of nitrogens with zero attached hydrogens (tertiary/aromatic N) is 1. The van der Waals surface area contributed by atoms with Gasteiger partial charge in [0, 0.05) is 10.9 Å². The fourth-order valence-electron chi connectivity index (χ4n) is 2.70. The Bertz CT molecular complexity index is 444. The summed E-state index contributed by atoms with van der Waals surface area (Å²) in [6.07, 6.45) is 3.61. The SMILES string of the molecule is Cc1sc(NC2CCC(C)CC2C)nc1C(=O)O. The van der Waals surface area contributed by atoms with Crippen molar-refractivity contribution in [2.24, 2.45) is 11.8 Å². The van der Waals surface area contributed by atoms with Gasteiger partial charge in [-0.3, -0.25) is 0 Å². The maximum atomic E-state index is 11.0. The van der Waals surface area contributed by atoms with Crippen LogP contribution in [0.3, 0.4) is 0 Å². The molecule has 3 unspecified atom stereocenters. The van der Waals surface area contributed by atoms with Gasteiger partial charge < -0.3 is 10.4 Å². The first-order chi connectivity index (χ1) is 8.47. The lowest BCUT2D eigenvalue weighted by Gasteiger charge is -2.33. The Morgan fingerprint density at radius 2 is 2.17 bits per heavy atom. The predicted molar refractivity (Wildman–Crippen MR) is 73.4 cm³/mol. The Morgan fingerprint density at radius 3 is 2.72 bits per heavy atom. The van der Waals surface area contributed by atoms with Crippen molar-refractivity contribution in [3.63, 3.8) is 0 Å². The van der Waals surface area contributed by atoms with Gasteiger partial charge >= 0.3 is 5.97 Å². The summed E-state index contributed by atoms with van der Waals surface area (Å²) in [7, 11) is 0. The van der Waals surface area contributed by atoms with Crippen LogP contribution in [0.15, 0.2) is 0 Å². The molecule has 1 fully saturated rings. The third-order valence-corrected chi connectivity index (χ3v) is 4.64. The summed E-state index contributed by atoms with van der Waals surface area (Å²) in [6, 6.07) is 0.424. The summed E-state index contributed by atoms with van der Waals surface area (Å²) in [5.41, 5.74) is 0.180. The molecule has 18 heavy (non-hydrogen) atoms. The van der Waals surface area contributed by atoms with Crippen LogP contribution in [0.4, 0.5) is 5.13 Å². The number of anilines is 1. The Balaban J connectivity index is 2.05. The topological polar surface area (TPSA) is 62.2 Å². The maximum Gasteiger partial charge on any atom is 0.355 e. The normalized spacial score (nSPS) is 28.1. The van der Waals surface area contributed by atoms with Crippen molar-refractivity contribution < 1.29 is 9.90 Å². The second-order valence-electron chi connectivity index (χ2n) is 5.38. The highest BCUT2D eigenvalue weighted by atomic mass is 32.1. The van der Waals surface area contributed by atoms with E-state index in [0.717, 1.165) is 22.3 Å². The van der Waals surface area contributed by atoms with Crippen LogP contribution in [0.5, 0.6) is 0 Å². The Hall–Kier alpha value is -1.10. The molecule has 0 aliphatic heterocycles. The van der Waals surface area contributed by atoms with Crippen molar-refractivity contribution in [1.29, 1.82) is 0 Å². The van der Waals surface area contributed by atoms with E-state index in [-0.39, 0.29) is 5.69 Å². The predicted octanol–water partition coefficient (Wildman–Crippen LogP) is 3.39.